The minimum atomic E-state index is -4.14. The van der Waals surface area contributed by atoms with Gasteiger partial charge in [0.2, 0.25) is 5.91 Å². The maximum Gasteiger partial charge on any atom is 0.278 e. The molecule has 0 spiro atoms. The van der Waals surface area contributed by atoms with Crippen LogP contribution >= 0.6 is 0 Å². The minimum absolute atomic E-state index is 0.0115. The molecular formula is C44H62N6O6S. The molecule has 13 heteroatoms. The molecule has 0 aromatic heterocycles. The van der Waals surface area contributed by atoms with Gasteiger partial charge in [-0.25, -0.2) is 22.7 Å². The number of sulfonamides is 1. The number of para-hydroxylation sites is 1. The van der Waals surface area contributed by atoms with Crippen LogP contribution in [0.3, 0.4) is 0 Å². The van der Waals surface area contributed by atoms with E-state index in [-0.39, 0.29) is 52.3 Å². The molecule has 0 atom stereocenters. The van der Waals surface area contributed by atoms with E-state index in [2.05, 4.69) is 12.2 Å². The predicted molar refractivity (Wildman–Crippen MR) is 231 cm³/mol. The maximum absolute atomic E-state index is 14.5. The molecule has 0 aliphatic carbocycles. The van der Waals surface area contributed by atoms with Gasteiger partial charge in [0.1, 0.15) is 10.6 Å². The fraction of sp³-hybridized carbons (Fsp3) is 0.500. The van der Waals surface area contributed by atoms with Crippen molar-refractivity contribution in [1.29, 1.82) is 0 Å². The highest BCUT2D eigenvalue weighted by Gasteiger charge is 2.38. The summed E-state index contributed by atoms with van der Waals surface area (Å²) in [6, 6.07) is 16.4. The Labute approximate surface area is 339 Å². The van der Waals surface area contributed by atoms with Gasteiger partial charge in [0.05, 0.1) is 30.8 Å². The van der Waals surface area contributed by atoms with E-state index in [4.69, 9.17) is 20.5 Å². The number of hydrogen-bond donors (Lipinski definition) is 3. The molecule has 4 rings (SSSR count). The zero-order valence-electron chi connectivity index (χ0n) is 34.3. The molecule has 1 aliphatic heterocycles. The summed E-state index contributed by atoms with van der Waals surface area (Å²) in [5, 5.41) is 12.4. The molecular weight excluding hydrogens is 741 g/mol. The summed E-state index contributed by atoms with van der Waals surface area (Å²) in [6.45, 7) is 7.30. The summed E-state index contributed by atoms with van der Waals surface area (Å²) >= 11 is 0. The van der Waals surface area contributed by atoms with Crippen molar-refractivity contribution < 1.29 is 27.9 Å². The highest BCUT2D eigenvalue weighted by molar-refractivity contribution is 7.90. The molecule has 0 saturated carbocycles. The first kappa shape index (κ1) is 45.0. The molecule has 3 aromatic carbocycles. The topological polar surface area (TPSA) is 167 Å². The number of aryl methyl sites for hydroxylation is 1. The number of ether oxygens (including phenoxy) is 1. The van der Waals surface area contributed by atoms with Gasteiger partial charge in [-0.05, 0) is 74.4 Å². The number of primary amides is 1. The van der Waals surface area contributed by atoms with Gasteiger partial charge in [-0.2, -0.15) is 0 Å². The number of nitrogens with zero attached hydrogens (tertiary/aromatic N) is 4. The number of aliphatic hydroxyl groups excluding tert-OH is 1. The standard InChI is InChI=1S/C44H62N6O6S/c1-5-7-8-9-10-11-12-13-14-15-16-17-18-21-28-50-43(47-37-22-19-20-23-40(37)57(50,54)55)41(44(53)48-38-32-34(42(45)52)24-27-39(38)56-4)46-36-26-25-35(31-33(36)3)49(6-2)29-30-51/h19-20,22-27,31-32,51H,5-18,21,28-30H2,1-4H3,(H2,45,52)(H,48,53). The van der Waals surface area contributed by atoms with Crippen LogP contribution in [0.5, 0.6) is 5.75 Å². The number of hydrogen-bond acceptors (Lipinski definition) is 9. The van der Waals surface area contributed by atoms with Gasteiger partial charge in [0.15, 0.2) is 11.5 Å². The molecule has 0 unspecified atom stereocenters. The van der Waals surface area contributed by atoms with Gasteiger partial charge in [-0.3, -0.25) is 9.59 Å². The maximum atomic E-state index is 14.5. The monoisotopic (exact) mass is 802 g/mol. The number of carbonyl (C=O) groups is 2. The third-order valence-electron chi connectivity index (χ3n) is 10.3. The summed E-state index contributed by atoms with van der Waals surface area (Å²) in [5.74, 6) is -1.30. The normalized spacial score (nSPS) is 13.5. The molecule has 2 amide bonds. The molecule has 0 bridgehead atoms. The second-order valence-corrected chi connectivity index (χ2v) is 16.4. The number of methoxy groups -OCH3 is 1. The lowest BCUT2D eigenvalue weighted by Gasteiger charge is -2.30. The molecule has 57 heavy (non-hydrogen) atoms. The zero-order chi connectivity index (χ0) is 41.2. The van der Waals surface area contributed by atoms with Gasteiger partial charge in [0, 0.05) is 30.9 Å². The lowest BCUT2D eigenvalue weighted by atomic mass is 10.0. The van der Waals surface area contributed by atoms with Gasteiger partial charge >= 0.3 is 0 Å². The number of amidine groups is 1. The van der Waals surface area contributed by atoms with Gasteiger partial charge in [0.25, 0.3) is 15.9 Å². The fourth-order valence-electron chi connectivity index (χ4n) is 7.03. The molecule has 4 N–H and O–H groups in total. The summed E-state index contributed by atoms with van der Waals surface area (Å²) in [4.78, 5) is 38.3. The molecule has 1 aliphatic rings. The van der Waals surface area contributed by atoms with Crippen LogP contribution in [0.1, 0.15) is 120 Å². The number of unbranched alkanes of at least 4 members (excludes halogenated alkanes) is 13. The van der Waals surface area contributed by atoms with Crippen LogP contribution in [0.4, 0.5) is 22.7 Å². The number of aliphatic imine (C=N–C) groups is 2. The summed E-state index contributed by atoms with van der Waals surface area (Å²) < 4.78 is 35.4. The first-order chi connectivity index (χ1) is 27.5. The third kappa shape index (κ3) is 12.6. The van der Waals surface area contributed by atoms with E-state index in [1.54, 1.807) is 24.3 Å². The number of aliphatic hydroxyl groups is 1. The van der Waals surface area contributed by atoms with Crippen molar-refractivity contribution in [1.82, 2.24) is 4.31 Å². The van der Waals surface area contributed by atoms with Crippen molar-refractivity contribution in [3.63, 3.8) is 0 Å². The number of benzene rings is 3. The minimum Gasteiger partial charge on any atom is -0.495 e. The lowest BCUT2D eigenvalue weighted by molar-refractivity contribution is -0.110. The summed E-state index contributed by atoms with van der Waals surface area (Å²) in [6.07, 6.45) is 16.3. The van der Waals surface area contributed by atoms with Crippen molar-refractivity contribution in [2.24, 2.45) is 15.7 Å². The first-order valence-electron chi connectivity index (χ1n) is 20.6. The number of nitrogens with two attached hydrogens (primary N) is 1. The first-order valence-corrected chi connectivity index (χ1v) is 22.0. The number of anilines is 2. The Balaban J connectivity index is 1.63. The van der Waals surface area contributed by atoms with E-state index in [0.717, 1.165) is 36.9 Å². The number of amides is 2. The number of rotatable bonds is 25. The van der Waals surface area contributed by atoms with Crippen LogP contribution in [0.15, 0.2) is 75.5 Å². The van der Waals surface area contributed by atoms with Crippen LogP contribution in [-0.2, 0) is 14.8 Å². The van der Waals surface area contributed by atoms with Gasteiger partial charge < -0.3 is 25.8 Å². The van der Waals surface area contributed by atoms with Crippen LogP contribution in [0.2, 0.25) is 0 Å². The Kier molecular flexibility index (Phi) is 18.0. The average Bonchev–Trinajstić information content (AvgIpc) is 3.20. The second-order valence-electron chi connectivity index (χ2n) is 14.5. The highest BCUT2D eigenvalue weighted by Crippen LogP contribution is 2.34. The van der Waals surface area contributed by atoms with E-state index in [0.29, 0.717) is 25.2 Å². The Morgan fingerprint density at radius 3 is 2.09 bits per heavy atom. The van der Waals surface area contributed by atoms with Crippen LogP contribution in [0.25, 0.3) is 0 Å². The summed E-state index contributed by atoms with van der Waals surface area (Å²) in [7, 11) is -2.71. The Hall–Kier alpha value is -4.75. The van der Waals surface area contributed by atoms with Crippen LogP contribution in [-0.4, -0.2) is 74.5 Å². The average molecular weight is 803 g/mol. The van der Waals surface area contributed by atoms with Crippen molar-refractivity contribution in [3.8, 4) is 5.75 Å². The fourth-order valence-corrected chi connectivity index (χ4v) is 8.62. The molecule has 0 saturated heterocycles. The number of carbonyl (C=O) groups excluding carboxylic acids is 2. The van der Waals surface area contributed by atoms with E-state index >= 15 is 0 Å². The Morgan fingerprint density at radius 1 is 0.877 bits per heavy atom. The zero-order valence-corrected chi connectivity index (χ0v) is 35.1. The molecule has 0 fully saturated rings. The summed E-state index contributed by atoms with van der Waals surface area (Å²) in [5.41, 5.74) is 7.84. The van der Waals surface area contributed by atoms with E-state index in [1.807, 2.05) is 30.9 Å². The third-order valence-corrected chi connectivity index (χ3v) is 12.1. The molecule has 310 valence electrons. The predicted octanol–water partition coefficient (Wildman–Crippen LogP) is 8.85. The smallest absolute Gasteiger partial charge is 0.278 e. The van der Waals surface area contributed by atoms with E-state index in [1.165, 1.54) is 93.5 Å². The molecule has 1 heterocycles. The quantitative estimate of drug-likeness (QED) is 0.0568. The number of nitrogens with one attached hydrogen (secondary N) is 1. The van der Waals surface area contributed by atoms with Crippen molar-refractivity contribution in [2.75, 3.05) is 43.6 Å². The van der Waals surface area contributed by atoms with Crippen molar-refractivity contribution in [2.45, 2.75) is 116 Å². The van der Waals surface area contributed by atoms with Crippen LogP contribution in [0, 0.1) is 6.92 Å². The van der Waals surface area contributed by atoms with E-state index in [9.17, 15) is 23.1 Å². The van der Waals surface area contributed by atoms with Crippen molar-refractivity contribution >= 4 is 56.1 Å². The SMILES string of the molecule is CCCCCCCCCCCCCCCCN1C(C(=Nc2ccc(N(CC)CCO)cc2C)C(=O)Nc2cc(C(N)=O)ccc2OC)=Nc2ccccc2S1(=O)=O. The number of fused-ring (bicyclic) bond motifs is 1. The van der Waals surface area contributed by atoms with Gasteiger partial charge in [-0.15, -0.1) is 0 Å². The Bertz CT molecular complexity index is 1960. The molecule has 0 radical (unpaired) electrons. The second kappa shape index (κ2) is 22.9. The van der Waals surface area contributed by atoms with E-state index < -0.39 is 21.8 Å². The lowest BCUT2D eigenvalue weighted by Crippen LogP contribution is -2.47. The highest BCUT2D eigenvalue weighted by atomic mass is 32.2. The number of likely N-dealkylation sites (N-methyl/N-ethyl adjacent to an activating group) is 1. The molecule has 3 aromatic rings. The van der Waals surface area contributed by atoms with Crippen LogP contribution < -0.4 is 20.7 Å². The Morgan fingerprint density at radius 2 is 1.51 bits per heavy atom. The largest absolute Gasteiger partial charge is 0.495 e. The van der Waals surface area contributed by atoms with Gasteiger partial charge in [-0.1, -0.05) is 103 Å². The molecule has 12 nitrogen and oxygen atoms in total. The van der Waals surface area contributed by atoms with Crippen molar-refractivity contribution in [3.05, 3.63) is 71.8 Å².